The van der Waals surface area contributed by atoms with E-state index in [2.05, 4.69) is 25.8 Å². The van der Waals surface area contributed by atoms with Crippen molar-refractivity contribution in [3.05, 3.63) is 35.8 Å². The summed E-state index contributed by atoms with van der Waals surface area (Å²) in [5.74, 6) is 0.859. The summed E-state index contributed by atoms with van der Waals surface area (Å²) in [6, 6.07) is 6.82. The molecule has 2 fully saturated rings. The van der Waals surface area contributed by atoms with Crippen molar-refractivity contribution in [3.63, 3.8) is 0 Å². The van der Waals surface area contributed by atoms with E-state index in [-0.39, 0.29) is 0 Å². The van der Waals surface area contributed by atoms with Gasteiger partial charge in [0.05, 0.1) is 5.69 Å². The lowest BCUT2D eigenvalue weighted by Crippen LogP contribution is -2.55. The first-order valence-corrected chi connectivity index (χ1v) is 8.97. The van der Waals surface area contributed by atoms with Gasteiger partial charge in [0.15, 0.2) is 0 Å². The minimum atomic E-state index is 0.669. The standard InChI is InChI=1S/C19H25N5/c1-14-6-7-17(15(2)21-14)18-8-9-20-19(22-18)24-12-11-23-10-4-3-5-16(23)13-24/h6-9,16H,3-5,10-13H2,1-2H3/t16-/m1/s1. The second kappa shape index (κ2) is 6.48. The van der Waals surface area contributed by atoms with Gasteiger partial charge in [-0.15, -0.1) is 0 Å². The Kier molecular flexibility index (Phi) is 4.19. The number of hydrogen-bond donors (Lipinski definition) is 0. The summed E-state index contributed by atoms with van der Waals surface area (Å²) in [7, 11) is 0. The Morgan fingerprint density at radius 1 is 1.00 bits per heavy atom. The minimum Gasteiger partial charge on any atom is -0.338 e. The van der Waals surface area contributed by atoms with E-state index in [1.165, 1.54) is 25.8 Å². The van der Waals surface area contributed by atoms with Crippen LogP contribution in [0.5, 0.6) is 0 Å². The molecule has 2 saturated heterocycles. The van der Waals surface area contributed by atoms with Crippen molar-refractivity contribution in [2.75, 3.05) is 31.1 Å². The molecule has 5 heteroatoms. The molecule has 2 aliphatic heterocycles. The van der Waals surface area contributed by atoms with Crippen LogP contribution >= 0.6 is 0 Å². The van der Waals surface area contributed by atoms with Crippen LogP contribution in [0.2, 0.25) is 0 Å². The van der Waals surface area contributed by atoms with Gasteiger partial charge < -0.3 is 4.90 Å². The number of piperazine rings is 1. The Balaban J connectivity index is 1.58. The largest absolute Gasteiger partial charge is 0.338 e. The number of nitrogens with zero attached hydrogens (tertiary/aromatic N) is 5. The lowest BCUT2D eigenvalue weighted by atomic mass is 10.00. The minimum absolute atomic E-state index is 0.669. The van der Waals surface area contributed by atoms with Crippen molar-refractivity contribution in [3.8, 4) is 11.3 Å². The van der Waals surface area contributed by atoms with Crippen LogP contribution in [0.15, 0.2) is 24.4 Å². The van der Waals surface area contributed by atoms with Gasteiger partial charge in [-0.2, -0.15) is 0 Å². The molecule has 1 atom stereocenters. The van der Waals surface area contributed by atoms with Crippen LogP contribution in [-0.4, -0.2) is 52.1 Å². The third-order valence-corrected chi connectivity index (χ3v) is 5.26. The molecule has 2 aromatic heterocycles. The molecule has 0 unspecified atom stereocenters. The number of fused-ring (bicyclic) bond motifs is 1. The molecule has 0 N–H and O–H groups in total. The highest BCUT2D eigenvalue weighted by Crippen LogP contribution is 2.25. The fourth-order valence-corrected chi connectivity index (χ4v) is 3.95. The van der Waals surface area contributed by atoms with E-state index in [1.807, 2.05) is 32.2 Å². The zero-order chi connectivity index (χ0) is 16.5. The van der Waals surface area contributed by atoms with Crippen molar-refractivity contribution in [2.24, 2.45) is 0 Å². The van der Waals surface area contributed by atoms with Gasteiger partial charge in [-0.3, -0.25) is 9.88 Å². The van der Waals surface area contributed by atoms with Crippen LogP contribution < -0.4 is 4.90 Å². The number of rotatable bonds is 2. The summed E-state index contributed by atoms with van der Waals surface area (Å²) in [6.07, 6.45) is 5.88. The van der Waals surface area contributed by atoms with Crippen molar-refractivity contribution in [1.29, 1.82) is 0 Å². The van der Waals surface area contributed by atoms with Crippen LogP contribution in [0, 0.1) is 13.8 Å². The fourth-order valence-electron chi connectivity index (χ4n) is 3.95. The van der Waals surface area contributed by atoms with Gasteiger partial charge >= 0.3 is 0 Å². The second-order valence-corrected chi connectivity index (χ2v) is 6.96. The Hall–Kier alpha value is -2.01. The van der Waals surface area contributed by atoms with Gasteiger partial charge in [0, 0.05) is 48.8 Å². The molecule has 2 aliphatic rings. The molecule has 24 heavy (non-hydrogen) atoms. The SMILES string of the molecule is Cc1ccc(-c2ccnc(N3CCN4CCCC[C@@H]4C3)n2)c(C)n1. The maximum atomic E-state index is 4.85. The zero-order valence-corrected chi connectivity index (χ0v) is 14.6. The highest BCUT2D eigenvalue weighted by molar-refractivity contribution is 5.62. The Morgan fingerprint density at radius 2 is 1.92 bits per heavy atom. The third kappa shape index (κ3) is 3.00. The molecule has 0 saturated carbocycles. The quantitative estimate of drug-likeness (QED) is 0.850. The molecular weight excluding hydrogens is 298 g/mol. The summed E-state index contributed by atoms with van der Waals surface area (Å²) < 4.78 is 0. The molecule has 0 bridgehead atoms. The molecule has 0 aromatic carbocycles. The Bertz CT molecular complexity index is 729. The second-order valence-electron chi connectivity index (χ2n) is 6.96. The predicted octanol–water partition coefficient (Wildman–Crippen LogP) is 2.83. The summed E-state index contributed by atoms with van der Waals surface area (Å²) in [4.78, 5) is 19.0. The summed E-state index contributed by atoms with van der Waals surface area (Å²) in [5.41, 5.74) is 4.13. The van der Waals surface area contributed by atoms with Gasteiger partial charge in [0.1, 0.15) is 0 Å². The van der Waals surface area contributed by atoms with E-state index >= 15 is 0 Å². The van der Waals surface area contributed by atoms with Crippen molar-refractivity contribution >= 4 is 5.95 Å². The van der Waals surface area contributed by atoms with Gasteiger partial charge in [-0.25, -0.2) is 9.97 Å². The number of piperidine rings is 1. The first-order valence-electron chi connectivity index (χ1n) is 8.97. The van der Waals surface area contributed by atoms with Crippen LogP contribution in [0.4, 0.5) is 5.95 Å². The van der Waals surface area contributed by atoms with Crippen molar-refractivity contribution in [1.82, 2.24) is 19.9 Å². The zero-order valence-electron chi connectivity index (χ0n) is 14.6. The van der Waals surface area contributed by atoms with E-state index in [0.717, 1.165) is 48.2 Å². The van der Waals surface area contributed by atoms with Crippen LogP contribution in [0.3, 0.4) is 0 Å². The van der Waals surface area contributed by atoms with E-state index in [4.69, 9.17) is 4.98 Å². The van der Waals surface area contributed by atoms with E-state index in [9.17, 15) is 0 Å². The van der Waals surface area contributed by atoms with Crippen molar-refractivity contribution in [2.45, 2.75) is 39.2 Å². The third-order valence-electron chi connectivity index (χ3n) is 5.26. The molecule has 0 radical (unpaired) electrons. The van der Waals surface area contributed by atoms with E-state index in [0.29, 0.717) is 6.04 Å². The normalized spacial score (nSPS) is 21.6. The predicted molar refractivity (Wildman–Crippen MR) is 96.2 cm³/mol. The van der Waals surface area contributed by atoms with Gasteiger partial charge in [-0.1, -0.05) is 6.42 Å². The lowest BCUT2D eigenvalue weighted by molar-refractivity contribution is 0.133. The van der Waals surface area contributed by atoms with Crippen LogP contribution in [0.1, 0.15) is 30.7 Å². The Labute approximate surface area is 143 Å². The molecule has 5 nitrogen and oxygen atoms in total. The molecule has 126 valence electrons. The fraction of sp³-hybridized carbons (Fsp3) is 0.526. The first-order chi connectivity index (χ1) is 11.7. The number of pyridine rings is 1. The van der Waals surface area contributed by atoms with Gasteiger partial charge in [0.25, 0.3) is 0 Å². The molecule has 0 amide bonds. The average molecular weight is 323 g/mol. The molecule has 0 aliphatic carbocycles. The highest BCUT2D eigenvalue weighted by Gasteiger charge is 2.29. The van der Waals surface area contributed by atoms with E-state index in [1.54, 1.807) is 0 Å². The van der Waals surface area contributed by atoms with Crippen LogP contribution in [-0.2, 0) is 0 Å². The maximum Gasteiger partial charge on any atom is 0.225 e. The number of anilines is 1. The Morgan fingerprint density at radius 3 is 2.79 bits per heavy atom. The summed E-state index contributed by atoms with van der Waals surface area (Å²) >= 11 is 0. The van der Waals surface area contributed by atoms with Gasteiger partial charge in [0.2, 0.25) is 5.95 Å². The van der Waals surface area contributed by atoms with Gasteiger partial charge in [-0.05, 0) is 51.4 Å². The van der Waals surface area contributed by atoms with Crippen LogP contribution in [0.25, 0.3) is 11.3 Å². The summed E-state index contributed by atoms with van der Waals surface area (Å²) in [6.45, 7) is 8.52. The maximum absolute atomic E-state index is 4.85. The topological polar surface area (TPSA) is 45.2 Å². The van der Waals surface area contributed by atoms with E-state index < -0.39 is 0 Å². The number of aromatic nitrogens is 3. The first kappa shape index (κ1) is 15.5. The summed E-state index contributed by atoms with van der Waals surface area (Å²) in [5, 5.41) is 0. The molecule has 4 rings (SSSR count). The molecular formula is C19H25N5. The molecule has 0 spiro atoms. The number of aryl methyl sites for hydroxylation is 2. The highest BCUT2D eigenvalue weighted by atomic mass is 15.3. The molecule has 2 aromatic rings. The van der Waals surface area contributed by atoms with Crippen molar-refractivity contribution < 1.29 is 0 Å². The lowest BCUT2D eigenvalue weighted by Gasteiger charge is -2.44. The number of hydrogen-bond acceptors (Lipinski definition) is 5. The average Bonchev–Trinajstić information content (AvgIpc) is 2.61. The monoisotopic (exact) mass is 323 g/mol. The molecule has 4 heterocycles. The smallest absolute Gasteiger partial charge is 0.225 e.